The predicted octanol–water partition coefficient (Wildman–Crippen LogP) is 5.53. The minimum absolute atomic E-state index is 0.150. The summed E-state index contributed by atoms with van der Waals surface area (Å²) in [5.74, 6) is 2.43. The van der Waals surface area contributed by atoms with Gasteiger partial charge in [0.15, 0.2) is 11.5 Å². The lowest BCUT2D eigenvalue weighted by Crippen LogP contribution is -2.17. The van der Waals surface area contributed by atoms with E-state index >= 15 is 0 Å². The molecule has 0 unspecified atom stereocenters. The summed E-state index contributed by atoms with van der Waals surface area (Å²) in [5.41, 5.74) is 3.40. The molecular formula is C26H30N2O5S. The molecule has 2 N–H and O–H groups in total. The fourth-order valence-electron chi connectivity index (χ4n) is 4.29. The van der Waals surface area contributed by atoms with Crippen LogP contribution in [-0.4, -0.2) is 34.3 Å². The van der Waals surface area contributed by atoms with Gasteiger partial charge in [0.2, 0.25) is 0 Å². The number of fused-ring (bicyclic) bond motifs is 1. The third kappa shape index (κ3) is 4.77. The molecule has 180 valence electrons. The lowest BCUT2D eigenvalue weighted by atomic mass is 9.95. The monoisotopic (exact) mass is 482 g/mol. The molecule has 1 aliphatic carbocycles. The van der Waals surface area contributed by atoms with Crippen molar-refractivity contribution in [1.29, 1.82) is 0 Å². The fraction of sp³-hybridized carbons (Fsp3) is 0.346. The molecule has 0 aliphatic heterocycles. The molecule has 0 saturated heterocycles. The number of amides is 1. The molecule has 0 saturated carbocycles. The van der Waals surface area contributed by atoms with E-state index in [1.165, 1.54) is 4.88 Å². The number of nitrogens with one attached hydrogen (secondary N) is 2. The number of anilines is 2. The highest BCUT2D eigenvalue weighted by molar-refractivity contribution is 7.16. The first-order valence-corrected chi connectivity index (χ1v) is 12.0. The first kappa shape index (κ1) is 23.8. The summed E-state index contributed by atoms with van der Waals surface area (Å²) >= 11 is 1.66. The summed E-state index contributed by atoms with van der Waals surface area (Å²) in [7, 11) is 6.43. The van der Waals surface area contributed by atoms with E-state index < -0.39 is 0 Å². The Morgan fingerprint density at radius 1 is 0.941 bits per heavy atom. The number of rotatable bonds is 9. The van der Waals surface area contributed by atoms with E-state index in [9.17, 15) is 4.79 Å². The van der Waals surface area contributed by atoms with Gasteiger partial charge in [0.05, 0.1) is 39.7 Å². The number of hydrogen-bond acceptors (Lipinski definition) is 7. The first-order chi connectivity index (χ1) is 16.6. The van der Waals surface area contributed by atoms with Crippen molar-refractivity contribution in [2.75, 3.05) is 39.1 Å². The van der Waals surface area contributed by atoms with Crippen LogP contribution in [0.5, 0.6) is 23.0 Å². The Morgan fingerprint density at radius 2 is 1.74 bits per heavy atom. The molecule has 0 spiro atoms. The standard InChI is InChI=1S/C26H30N2O5S/c1-30-17-12-13-19(21(14-17)32-3)28-25(29)23-18-9-5-6-11-22(18)34-26(23)27-15-16-8-7-10-20(31-2)24(16)33-4/h7-8,10,12-14,27H,5-6,9,11,15H2,1-4H3,(H,28,29). The van der Waals surface area contributed by atoms with Gasteiger partial charge in [-0.1, -0.05) is 12.1 Å². The number of carbonyl (C=O) groups is 1. The van der Waals surface area contributed by atoms with Crippen molar-refractivity contribution in [3.8, 4) is 23.0 Å². The number of para-hydroxylation sites is 1. The van der Waals surface area contributed by atoms with Crippen LogP contribution >= 0.6 is 11.3 Å². The summed E-state index contributed by atoms with van der Waals surface area (Å²) in [5, 5.41) is 7.41. The number of methoxy groups -OCH3 is 4. The Morgan fingerprint density at radius 3 is 2.47 bits per heavy atom. The number of benzene rings is 2. The van der Waals surface area contributed by atoms with Gasteiger partial charge in [-0.15, -0.1) is 11.3 Å². The van der Waals surface area contributed by atoms with Crippen molar-refractivity contribution < 1.29 is 23.7 Å². The van der Waals surface area contributed by atoms with Crippen LogP contribution in [0.4, 0.5) is 10.7 Å². The quantitative estimate of drug-likeness (QED) is 0.418. The van der Waals surface area contributed by atoms with E-state index in [1.54, 1.807) is 58.0 Å². The van der Waals surface area contributed by atoms with Crippen LogP contribution in [0.25, 0.3) is 0 Å². The van der Waals surface area contributed by atoms with E-state index in [2.05, 4.69) is 10.6 Å². The summed E-state index contributed by atoms with van der Waals surface area (Å²) in [6, 6.07) is 11.1. The number of ether oxygens (including phenoxy) is 4. The molecule has 0 atom stereocenters. The van der Waals surface area contributed by atoms with Gasteiger partial charge < -0.3 is 29.6 Å². The van der Waals surface area contributed by atoms with Gasteiger partial charge in [0, 0.05) is 23.1 Å². The largest absolute Gasteiger partial charge is 0.497 e. The third-order valence-electron chi connectivity index (χ3n) is 5.98. The molecule has 1 amide bonds. The average molecular weight is 483 g/mol. The van der Waals surface area contributed by atoms with Gasteiger partial charge in [-0.3, -0.25) is 4.79 Å². The predicted molar refractivity (Wildman–Crippen MR) is 135 cm³/mol. The maximum Gasteiger partial charge on any atom is 0.259 e. The topological polar surface area (TPSA) is 78.1 Å². The fourth-order valence-corrected chi connectivity index (χ4v) is 5.57. The second kappa shape index (κ2) is 10.7. The van der Waals surface area contributed by atoms with E-state index in [4.69, 9.17) is 18.9 Å². The molecule has 4 rings (SSSR count). The van der Waals surface area contributed by atoms with E-state index in [-0.39, 0.29) is 5.91 Å². The number of aryl methyl sites for hydroxylation is 1. The minimum atomic E-state index is -0.150. The molecular weight excluding hydrogens is 452 g/mol. The van der Waals surface area contributed by atoms with Crippen LogP contribution in [0.3, 0.4) is 0 Å². The Bertz CT molecular complexity index is 1170. The van der Waals surface area contributed by atoms with Crippen LogP contribution in [0.15, 0.2) is 36.4 Å². The summed E-state index contributed by atoms with van der Waals surface area (Å²) in [4.78, 5) is 14.8. The lowest BCUT2D eigenvalue weighted by molar-refractivity contribution is 0.102. The second-order valence-electron chi connectivity index (χ2n) is 7.94. The van der Waals surface area contributed by atoms with E-state index in [0.29, 0.717) is 40.8 Å². The molecule has 0 bridgehead atoms. The Labute approximate surface area is 204 Å². The third-order valence-corrected chi connectivity index (χ3v) is 7.23. The SMILES string of the molecule is COc1ccc(NC(=O)c2c(NCc3cccc(OC)c3OC)sc3c2CCCC3)c(OC)c1. The van der Waals surface area contributed by atoms with Gasteiger partial charge in [0.25, 0.3) is 5.91 Å². The van der Waals surface area contributed by atoms with Crippen LogP contribution in [0, 0.1) is 0 Å². The zero-order chi connectivity index (χ0) is 24.1. The molecule has 8 heteroatoms. The molecule has 0 radical (unpaired) electrons. The maximum absolute atomic E-state index is 13.5. The van der Waals surface area contributed by atoms with Gasteiger partial charge in [-0.2, -0.15) is 0 Å². The molecule has 34 heavy (non-hydrogen) atoms. The molecule has 1 heterocycles. The number of carbonyl (C=O) groups excluding carboxylic acids is 1. The highest BCUT2D eigenvalue weighted by Crippen LogP contribution is 2.40. The number of thiophene rings is 1. The van der Waals surface area contributed by atoms with Crippen LogP contribution < -0.4 is 29.6 Å². The van der Waals surface area contributed by atoms with Gasteiger partial charge in [-0.05, 0) is 49.4 Å². The van der Waals surface area contributed by atoms with E-state index in [1.807, 2.05) is 18.2 Å². The zero-order valence-corrected chi connectivity index (χ0v) is 20.8. The van der Waals surface area contributed by atoms with Crippen LogP contribution in [-0.2, 0) is 19.4 Å². The highest BCUT2D eigenvalue weighted by atomic mass is 32.1. The van der Waals surface area contributed by atoms with Gasteiger partial charge >= 0.3 is 0 Å². The summed E-state index contributed by atoms with van der Waals surface area (Å²) < 4.78 is 21.7. The molecule has 1 aromatic heterocycles. The van der Waals surface area contributed by atoms with Crippen molar-refractivity contribution in [2.24, 2.45) is 0 Å². The molecule has 1 aliphatic rings. The Kier molecular flexibility index (Phi) is 7.47. The lowest BCUT2D eigenvalue weighted by Gasteiger charge is -2.16. The van der Waals surface area contributed by atoms with Crippen molar-refractivity contribution in [2.45, 2.75) is 32.2 Å². The molecule has 3 aromatic rings. The number of hydrogen-bond donors (Lipinski definition) is 2. The normalized spacial score (nSPS) is 12.5. The average Bonchev–Trinajstić information content (AvgIpc) is 3.25. The minimum Gasteiger partial charge on any atom is -0.497 e. The van der Waals surface area contributed by atoms with Crippen LogP contribution in [0.1, 0.15) is 39.2 Å². The second-order valence-corrected chi connectivity index (χ2v) is 9.05. The smallest absolute Gasteiger partial charge is 0.259 e. The Hall–Kier alpha value is -3.39. The molecule has 0 fully saturated rings. The Balaban J connectivity index is 1.63. The molecule has 2 aromatic carbocycles. The van der Waals surface area contributed by atoms with Crippen LogP contribution in [0.2, 0.25) is 0 Å². The van der Waals surface area contributed by atoms with Gasteiger partial charge in [-0.25, -0.2) is 0 Å². The van der Waals surface area contributed by atoms with Crippen molar-refractivity contribution in [3.63, 3.8) is 0 Å². The van der Waals surface area contributed by atoms with Gasteiger partial charge in [0.1, 0.15) is 16.5 Å². The molecule has 7 nitrogen and oxygen atoms in total. The van der Waals surface area contributed by atoms with E-state index in [0.717, 1.165) is 41.8 Å². The zero-order valence-electron chi connectivity index (χ0n) is 19.9. The van der Waals surface area contributed by atoms with Crippen molar-refractivity contribution in [3.05, 3.63) is 58.0 Å². The highest BCUT2D eigenvalue weighted by Gasteiger charge is 2.26. The maximum atomic E-state index is 13.5. The first-order valence-electron chi connectivity index (χ1n) is 11.2. The van der Waals surface area contributed by atoms with Crippen molar-refractivity contribution >= 4 is 27.9 Å². The summed E-state index contributed by atoms with van der Waals surface area (Å²) in [6.07, 6.45) is 4.12. The van der Waals surface area contributed by atoms with Crippen molar-refractivity contribution in [1.82, 2.24) is 0 Å². The summed E-state index contributed by atoms with van der Waals surface area (Å²) in [6.45, 7) is 0.506.